The van der Waals surface area contributed by atoms with Crippen LogP contribution >= 0.6 is 0 Å². The molecule has 2 rings (SSSR count). The van der Waals surface area contributed by atoms with E-state index in [9.17, 15) is 5.11 Å². The first kappa shape index (κ1) is 13.3. The first-order valence-electron chi connectivity index (χ1n) is 6.97. The SMILES string of the molecule is CN(C)CC(O)CNC1CCN2CCCCC12. The summed E-state index contributed by atoms with van der Waals surface area (Å²) in [5.74, 6) is 0. The zero-order chi connectivity index (χ0) is 12.3. The van der Waals surface area contributed by atoms with Crippen LogP contribution in [0.2, 0.25) is 0 Å². The Bertz CT molecular complexity index is 235. The van der Waals surface area contributed by atoms with Gasteiger partial charge in [0.2, 0.25) is 0 Å². The summed E-state index contributed by atoms with van der Waals surface area (Å²) in [5, 5.41) is 13.4. The highest BCUT2D eigenvalue weighted by atomic mass is 16.3. The van der Waals surface area contributed by atoms with Crippen LogP contribution in [0.3, 0.4) is 0 Å². The largest absolute Gasteiger partial charge is 0.390 e. The van der Waals surface area contributed by atoms with Crippen LogP contribution in [0.4, 0.5) is 0 Å². The minimum absolute atomic E-state index is 0.248. The molecular weight excluding hydrogens is 214 g/mol. The van der Waals surface area contributed by atoms with Crippen molar-refractivity contribution in [3.05, 3.63) is 0 Å². The third kappa shape index (κ3) is 3.65. The summed E-state index contributed by atoms with van der Waals surface area (Å²) in [7, 11) is 4.00. The minimum atomic E-state index is -0.248. The Morgan fingerprint density at radius 2 is 2.12 bits per heavy atom. The summed E-state index contributed by atoms with van der Waals surface area (Å²) in [5.41, 5.74) is 0. The number of hydrogen-bond donors (Lipinski definition) is 2. The number of hydrogen-bond acceptors (Lipinski definition) is 4. The molecule has 0 saturated carbocycles. The molecule has 0 spiro atoms. The van der Waals surface area contributed by atoms with Gasteiger partial charge in [0.15, 0.2) is 0 Å². The van der Waals surface area contributed by atoms with Crippen LogP contribution in [-0.2, 0) is 0 Å². The van der Waals surface area contributed by atoms with Crippen molar-refractivity contribution in [2.75, 3.05) is 40.3 Å². The van der Waals surface area contributed by atoms with Crippen molar-refractivity contribution in [1.29, 1.82) is 0 Å². The van der Waals surface area contributed by atoms with Gasteiger partial charge in [-0.3, -0.25) is 4.90 Å². The highest BCUT2D eigenvalue weighted by Crippen LogP contribution is 2.26. The predicted molar refractivity (Wildman–Crippen MR) is 70.2 cm³/mol. The predicted octanol–water partition coefficient (Wildman–Crippen LogP) is 0.125. The van der Waals surface area contributed by atoms with Gasteiger partial charge in [-0.2, -0.15) is 0 Å². The smallest absolute Gasteiger partial charge is 0.0791 e. The zero-order valence-electron chi connectivity index (χ0n) is 11.2. The number of rotatable bonds is 5. The Morgan fingerprint density at radius 1 is 1.29 bits per heavy atom. The zero-order valence-corrected chi connectivity index (χ0v) is 11.2. The van der Waals surface area contributed by atoms with Gasteiger partial charge < -0.3 is 15.3 Å². The summed E-state index contributed by atoms with van der Waals surface area (Å²) >= 11 is 0. The van der Waals surface area contributed by atoms with Crippen molar-refractivity contribution in [2.24, 2.45) is 0 Å². The van der Waals surface area contributed by atoms with E-state index in [2.05, 4.69) is 10.2 Å². The Kier molecular flexibility index (Phi) is 4.79. The van der Waals surface area contributed by atoms with E-state index in [4.69, 9.17) is 0 Å². The monoisotopic (exact) mass is 241 g/mol. The van der Waals surface area contributed by atoms with E-state index in [0.717, 1.165) is 19.1 Å². The van der Waals surface area contributed by atoms with Gasteiger partial charge in [-0.15, -0.1) is 0 Å². The van der Waals surface area contributed by atoms with Gasteiger partial charge in [0.05, 0.1) is 6.10 Å². The molecule has 0 aromatic carbocycles. The van der Waals surface area contributed by atoms with Crippen molar-refractivity contribution >= 4 is 0 Å². The van der Waals surface area contributed by atoms with E-state index in [0.29, 0.717) is 6.04 Å². The first-order valence-corrected chi connectivity index (χ1v) is 6.97. The van der Waals surface area contributed by atoms with Crippen molar-refractivity contribution < 1.29 is 5.11 Å². The number of aliphatic hydroxyl groups excluding tert-OH is 1. The van der Waals surface area contributed by atoms with E-state index >= 15 is 0 Å². The normalized spacial score (nSPS) is 31.8. The molecule has 0 amide bonds. The Balaban J connectivity index is 1.72. The van der Waals surface area contributed by atoms with Gasteiger partial charge in [0, 0.05) is 31.7 Å². The average Bonchev–Trinajstić information content (AvgIpc) is 2.69. The molecule has 100 valence electrons. The average molecular weight is 241 g/mol. The molecule has 2 fully saturated rings. The van der Waals surface area contributed by atoms with Gasteiger partial charge in [-0.1, -0.05) is 6.42 Å². The Morgan fingerprint density at radius 3 is 2.88 bits per heavy atom. The molecule has 2 N–H and O–H groups in total. The number of nitrogens with zero attached hydrogens (tertiary/aromatic N) is 2. The van der Waals surface area contributed by atoms with Crippen LogP contribution < -0.4 is 5.32 Å². The number of piperidine rings is 1. The summed E-state index contributed by atoms with van der Waals surface area (Å²) in [4.78, 5) is 4.66. The molecule has 0 aromatic rings. The molecule has 0 aromatic heterocycles. The minimum Gasteiger partial charge on any atom is -0.390 e. The fourth-order valence-electron chi connectivity index (χ4n) is 3.26. The van der Waals surface area contributed by atoms with Gasteiger partial charge in [0.25, 0.3) is 0 Å². The molecule has 2 heterocycles. The molecule has 0 aliphatic carbocycles. The van der Waals surface area contributed by atoms with Crippen LogP contribution in [0.15, 0.2) is 0 Å². The van der Waals surface area contributed by atoms with Gasteiger partial charge in [-0.05, 0) is 39.9 Å². The summed E-state index contributed by atoms with van der Waals surface area (Å²) in [6, 6.07) is 1.34. The van der Waals surface area contributed by atoms with Crippen molar-refractivity contribution in [1.82, 2.24) is 15.1 Å². The van der Waals surface area contributed by atoms with Gasteiger partial charge in [0.1, 0.15) is 0 Å². The van der Waals surface area contributed by atoms with Crippen LogP contribution in [0, 0.1) is 0 Å². The molecule has 2 aliphatic rings. The van der Waals surface area contributed by atoms with Crippen LogP contribution in [0.5, 0.6) is 0 Å². The standard InChI is InChI=1S/C13H27N3O/c1-15(2)10-11(17)9-14-12-6-8-16-7-4-3-5-13(12)16/h11-14,17H,3-10H2,1-2H3. The number of likely N-dealkylation sites (N-methyl/N-ethyl adjacent to an activating group) is 1. The number of aliphatic hydroxyl groups is 1. The van der Waals surface area contributed by atoms with E-state index in [1.54, 1.807) is 0 Å². The lowest BCUT2D eigenvalue weighted by atomic mass is 9.99. The molecule has 4 nitrogen and oxygen atoms in total. The summed E-state index contributed by atoms with van der Waals surface area (Å²) in [6.45, 7) is 4.00. The second-order valence-corrected chi connectivity index (χ2v) is 5.82. The maximum absolute atomic E-state index is 9.86. The molecule has 4 heteroatoms. The fourth-order valence-corrected chi connectivity index (χ4v) is 3.26. The molecule has 0 radical (unpaired) electrons. The highest BCUT2D eigenvalue weighted by Gasteiger charge is 2.35. The lowest BCUT2D eigenvalue weighted by Crippen LogP contribution is -2.47. The molecule has 3 unspecified atom stereocenters. The molecule has 0 bridgehead atoms. The third-order valence-electron chi connectivity index (χ3n) is 4.05. The molecule has 2 saturated heterocycles. The third-order valence-corrected chi connectivity index (χ3v) is 4.05. The van der Waals surface area contributed by atoms with Crippen molar-refractivity contribution in [3.8, 4) is 0 Å². The second kappa shape index (κ2) is 6.14. The summed E-state index contributed by atoms with van der Waals surface area (Å²) < 4.78 is 0. The molecule has 3 atom stereocenters. The lowest BCUT2D eigenvalue weighted by Gasteiger charge is -2.33. The van der Waals surface area contributed by atoms with Gasteiger partial charge in [-0.25, -0.2) is 0 Å². The lowest BCUT2D eigenvalue weighted by molar-refractivity contribution is 0.124. The quantitative estimate of drug-likeness (QED) is 0.717. The van der Waals surface area contributed by atoms with Gasteiger partial charge >= 0.3 is 0 Å². The number of fused-ring (bicyclic) bond motifs is 1. The van der Waals surface area contributed by atoms with Crippen LogP contribution in [0.25, 0.3) is 0 Å². The Labute approximate surface area is 105 Å². The first-order chi connectivity index (χ1) is 8.16. The summed E-state index contributed by atoms with van der Waals surface area (Å²) in [6.07, 6.45) is 5.08. The maximum atomic E-state index is 9.86. The maximum Gasteiger partial charge on any atom is 0.0791 e. The van der Waals surface area contributed by atoms with E-state index in [1.165, 1.54) is 38.8 Å². The van der Waals surface area contributed by atoms with Crippen molar-refractivity contribution in [2.45, 2.75) is 43.9 Å². The fraction of sp³-hybridized carbons (Fsp3) is 1.00. The highest BCUT2D eigenvalue weighted by molar-refractivity contribution is 4.94. The van der Waals surface area contributed by atoms with E-state index in [-0.39, 0.29) is 6.10 Å². The second-order valence-electron chi connectivity index (χ2n) is 5.82. The van der Waals surface area contributed by atoms with E-state index < -0.39 is 0 Å². The molecular formula is C13H27N3O. The molecule has 17 heavy (non-hydrogen) atoms. The number of nitrogens with one attached hydrogen (secondary N) is 1. The van der Waals surface area contributed by atoms with Crippen LogP contribution in [0.1, 0.15) is 25.7 Å². The van der Waals surface area contributed by atoms with Crippen molar-refractivity contribution in [3.63, 3.8) is 0 Å². The Hall–Kier alpha value is -0.160. The molecule has 2 aliphatic heterocycles. The topological polar surface area (TPSA) is 38.7 Å². The van der Waals surface area contributed by atoms with Crippen LogP contribution in [-0.4, -0.2) is 73.4 Å². The van der Waals surface area contributed by atoms with E-state index in [1.807, 2.05) is 19.0 Å².